The lowest BCUT2D eigenvalue weighted by atomic mass is 9.95. The number of aryl methyl sites for hydroxylation is 1. The van der Waals surface area contributed by atoms with Gasteiger partial charge in [0.1, 0.15) is 0 Å². The number of nitrogens with zero attached hydrogens (tertiary/aromatic N) is 4. The quantitative estimate of drug-likeness (QED) is 0.926. The summed E-state index contributed by atoms with van der Waals surface area (Å²) in [5, 5.41) is 17.1. The van der Waals surface area contributed by atoms with Crippen LogP contribution in [0.15, 0.2) is 30.5 Å². The van der Waals surface area contributed by atoms with E-state index in [1.165, 1.54) is 4.90 Å². The minimum Gasteiger partial charge on any atom is -0.481 e. The highest BCUT2D eigenvalue weighted by Crippen LogP contribution is 2.31. The van der Waals surface area contributed by atoms with Gasteiger partial charge in [-0.25, -0.2) is 13.5 Å². The maximum atomic E-state index is 13.7. The number of piperidine rings is 1. The Balaban J connectivity index is 1.75. The molecule has 1 fully saturated rings. The average Bonchev–Trinajstić information content (AvgIpc) is 2.94. The average molecular weight is 336 g/mol. The van der Waals surface area contributed by atoms with E-state index in [9.17, 15) is 13.6 Å². The van der Waals surface area contributed by atoms with Crippen LogP contribution in [-0.4, -0.2) is 50.0 Å². The first kappa shape index (κ1) is 16.5. The predicted octanol–water partition coefficient (Wildman–Crippen LogP) is 2.12. The molecule has 0 aliphatic carbocycles. The summed E-state index contributed by atoms with van der Waals surface area (Å²) in [6, 6.07) is 7.63. The lowest BCUT2D eigenvalue weighted by Gasteiger charge is -2.35. The summed E-state index contributed by atoms with van der Waals surface area (Å²) in [6.07, 6.45) is 1.07. The molecule has 8 heteroatoms. The van der Waals surface area contributed by atoms with Crippen LogP contribution in [0.5, 0.6) is 0 Å². The number of likely N-dealkylation sites (tertiary alicyclic amines) is 1. The number of aromatic nitrogens is 3. The monoisotopic (exact) mass is 336 g/mol. The highest BCUT2D eigenvalue weighted by atomic mass is 19.3. The van der Waals surface area contributed by atoms with Gasteiger partial charge in [0, 0.05) is 19.5 Å². The van der Waals surface area contributed by atoms with Crippen LogP contribution in [0, 0.1) is 12.8 Å². The van der Waals surface area contributed by atoms with E-state index in [1.807, 2.05) is 31.2 Å². The summed E-state index contributed by atoms with van der Waals surface area (Å²) >= 11 is 0. The molecule has 0 amide bonds. The largest absolute Gasteiger partial charge is 0.481 e. The van der Waals surface area contributed by atoms with E-state index in [4.69, 9.17) is 5.11 Å². The third-order valence-corrected chi connectivity index (χ3v) is 4.12. The first-order valence-electron chi connectivity index (χ1n) is 7.64. The Morgan fingerprint density at radius 3 is 2.88 bits per heavy atom. The van der Waals surface area contributed by atoms with Gasteiger partial charge in [-0.1, -0.05) is 23.4 Å². The van der Waals surface area contributed by atoms with Crippen LogP contribution in [0.2, 0.25) is 0 Å². The third kappa shape index (κ3) is 3.59. The van der Waals surface area contributed by atoms with E-state index in [1.54, 1.807) is 10.9 Å². The maximum absolute atomic E-state index is 13.7. The fourth-order valence-electron chi connectivity index (χ4n) is 3.02. The molecule has 1 atom stereocenters. The molecule has 1 aromatic carbocycles. The predicted molar refractivity (Wildman–Crippen MR) is 82.1 cm³/mol. The molecule has 1 aliphatic rings. The normalized spacial score (nSPS) is 20.9. The summed E-state index contributed by atoms with van der Waals surface area (Å²) in [6.45, 7) is 1.71. The number of benzene rings is 1. The van der Waals surface area contributed by atoms with Gasteiger partial charge >= 0.3 is 5.97 Å². The van der Waals surface area contributed by atoms with Crippen LogP contribution >= 0.6 is 0 Å². The topological polar surface area (TPSA) is 71.2 Å². The molecule has 128 valence electrons. The third-order valence-electron chi connectivity index (χ3n) is 4.12. The smallest absolute Gasteiger partial charge is 0.308 e. The SMILES string of the molecule is Cc1ccccc1-n1cc(CN2CC(C(=O)O)CC(F)(F)C2)nn1. The number of aliphatic carboxylic acids is 1. The van der Waals surface area contributed by atoms with Crippen molar-refractivity contribution in [2.24, 2.45) is 5.92 Å². The lowest BCUT2D eigenvalue weighted by molar-refractivity contribution is -0.153. The molecular weight excluding hydrogens is 318 g/mol. The van der Waals surface area contributed by atoms with Gasteiger partial charge in [0.2, 0.25) is 0 Å². The summed E-state index contributed by atoms with van der Waals surface area (Å²) in [5.41, 5.74) is 2.41. The van der Waals surface area contributed by atoms with Crippen molar-refractivity contribution in [3.05, 3.63) is 41.7 Å². The first-order chi connectivity index (χ1) is 11.3. The molecule has 0 saturated carbocycles. The molecule has 6 nitrogen and oxygen atoms in total. The Bertz CT molecular complexity index is 747. The zero-order chi connectivity index (χ0) is 17.3. The molecule has 1 N–H and O–H groups in total. The second-order valence-electron chi connectivity index (χ2n) is 6.21. The minimum absolute atomic E-state index is 0.0855. The van der Waals surface area contributed by atoms with Crippen LogP contribution in [-0.2, 0) is 11.3 Å². The maximum Gasteiger partial charge on any atom is 0.308 e. The van der Waals surface area contributed by atoms with Crippen LogP contribution in [0.4, 0.5) is 8.78 Å². The molecule has 0 bridgehead atoms. The molecule has 1 aromatic heterocycles. The van der Waals surface area contributed by atoms with Crippen molar-refractivity contribution in [1.82, 2.24) is 19.9 Å². The van der Waals surface area contributed by atoms with Crippen molar-refractivity contribution in [2.45, 2.75) is 25.8 Å². The number of alkyl halides is 2. The summed E-state index contributed by atoms with van der Waals surface area (Å²) in [7, 11) is 0. The number of rotatable bonds is 4. The van der Waals surface area contributed by atoms with Crippen LogP contribution in [0.3, 0.4) is 0 Å². The number of carbonyl (C=O) groups is 1. The van der Waals surface area contributed by atoms with E-state index in [-0.39, 0.29) is 13.1 Å². The van der Waals surface area contributed by atoms with E-state index in [0.717, 1.165) is 11.3 Å². The number of para-hydroxylation sites is 1. The van der Waals surface area contributed by atoms with Gasteiger partial charge in [0.15, 0.2) is 0 Å². The highest BCUT2D eigenvalue weighted by molar-refractivity contribution is 5.70. The van der Waals surface area contributed by atoms with Gasteiger partial charge in [-0.3, -0.25) is 9.69 Å². The van der Waals surface area contributed by atoms with Gasteiger partial charge < -0.3 is 5.11 Å². The van der Waals surface area contributed by atoms with Crippen LogP contribution in [0.25, 0.3) is 5.69 Å². The standard InChI is InChI=1S/C16H18F2N4O2/c1-11-4-2-3-5-14(11)22-9-13(19-20-22)8-21-7-12(15(23)24)6-16(17,18)10-21/h2-5,9,12H,6-8,10H2,1H3,(H,23,24). The molecule has 24 heavy (non-hydrogen) atoms. The fraction of sp³-hybridized carbons (Fsp3) is 0.438. The minimum atomic E-state index is -3.01. The Labute approximate surface area is 137 Å². The van der Waals surface area contributed by atoms with Crippen molar-refractivity contribution in [3.63, 3.8) is 0 Å². The fourth-order valence-corrected chi connectivity index (χ4v) is 3.02. The molecule has 0 radical (unpaired) electrons. The Morgan fingerprint density at radius 1 is 1.42 bits per heavy atom. The van der Waals surface area contributed by atoms with E-state index in [0.29, 0.717) is 5.69 Å². The van der Waals surface area contributed by atoms with Crippen molar-refractivity contribution < 1.29 is 18.7 Å². The molecule has 3 rings (SSSR count). The molecule has 2 aromatic rings. The number of halogens is 2. The molecule has 0 spiro atoms. The Hall–Kier alpha value is -2.35. The van der Waals surface area contributed by atoms with Gasteiger partial charge in [-0.15, -0.1) is 5.10 Å². The molecule has 2 heterocycles. The highest BCUT2D eigenvalue weighted by Gasteiger charge is 2.43. The molecule has 1 saturated heterocycles. The Kier molecular flexibility index (Phi) is 4.31. The van der Waals surface area contributed by atoms with Gasteiger partial charge in [-0.05, 0) is 18.6 Å². The van der Waals surface area contributed by atoms with Gasteiger partial charge in [-0.2, -0.15) is 0 Å². The van der Waals surface area contributed by atoms with Crippen LogP contribution in [0.1, 0.15) is 17.7 Å². The van der Waals surface area contributed by atoms with E-state index < -0.39 is 30.8 Å². The van der Waals surface area contributed by atoms with Crippen molar-refractivity contribution in [2.75, 3.05) is 13.1 Å². The second kappa shape index (κ2) is 6.27. The Morgan fingerprint density at radius 2 is 2.17 bits per heavy atom. The van der Waals surface area contributed by atoms with Gasteiger partial charge in [0.25, 0.3) is 5.92 Å². The van der Waals surface area contributed by atoms with E-state index in [2.05, 4.69) is 10.3 Å². The number of carboxylic acid groups (broad SMARTS) is 1. The van der Waals surface area contributed by atoms with Crippen LogP contribution < -0.4 is 0 Å². The van der Waals surface area contributed by atoms with E-state index >= 15 is 0 Å². The number of carboxylic acids is 1. The zero-order valence-corrected chi connectivity index (χ0v) is 13.2. The summed E-state index contributed by atoms with van der Waals surface area (Å²) in [4.78, 5) is 12.5. The van der Waals surface area contributed by atoms with Crippen molar-refractivity contribution >= 4 is 5.97 Å². The summed E-state index contributed by atoms with van der Waals surface area (Å²) < 4.78 is 29.1. The number of hydrogen-bond acceptors (Lipinski definition) is 4. The molecule has 1 unspecified atom stereocenters. The first-order valence-corrected chi connectivity index (χ1v) is 7.64. The van der Waals surface area contributed by atoms with Crippen molar-refractivity contribution in [3.8, 4) is 5.69 Å². The second-order valence-corrected chi connectivity index (χ2v) is 6.21. The zero-order valence-electron chi connectivity index (χ0n) is 13.2. The lowest BCUT2D eigenvalue weighted by Crippen LogP contribution is -2.48. The molecule has 1 aliphatic heterocycles. The molecular formula is C16H18F2N4O2. The number of hydrogen-bond donors (Lipinski definition) is 1. The van der Waals surface area contributed by atoms with Crippen molar-refractivity contribution in [1.29, 1.82) is 0 Å². The summed E-state index contributed by atoms with van der Waals surface area (Å²) in [5.74, 6) is -5.27. The van der Waals surface area contributed by atoms with Gasteiger partial charge in [0.05, 0.1) is 30.0 Å².